The van der Waals surface area contributed by atoms with Crippen LogP contribution in [0.5, 0.6) is 0 Å². The van der Waals surface area contributed by atoms with Crippen LogP contribution in [0.2, 0.25) is 0 Å². The predicted molar refractivity (Wildman–Crippen MR) is 111 cm³/mol. The lowest BCUT2D eigenvalue weighted by Crippen LogP contribution is -2.17. The zero-order valence-corrected chi connectivity index (χ0v) is 17.6. The topological polar surface area (TPSA) is 74.8 Å². The number of hydrogen-bond acceptors (Lipinski definition) is 6. The molecule has 29 heavy (non-hydrogen) atoms. The number of rotatable bonds is 8. The van der Waals surface area contributed by atoms with Crippen molar-refractivity contribution in [3.05, 3.63) is 58.9 Å². The highest BCUT2D eigenvalue weighted by atomic mass is 32.2. The van der Waals surface area contributed by atoms with Gasteiger partial charge >= 0.3 is 0 Å². The third-order valence-corrected chi connectivity index (χ3v) is 6.25. The smallest absolute Gasteiger partial charge is 0.209 e. The summed E-state index contributed by atoms with van der Waals surface area (Å²) in [6.45, 7) is 6.25. The summed E-state index contributed by atoms with van der Waals surface area (Å²) in [7, 11) is 0. The molecule has 7 nitrogen and oxygen atoms in total. The summed E-state index contributed by atoms with van der Waals surface area (Å²) in [6.07, 6.45) is 2.26. The number of thioether (sulfide) groups is 1. The molecule has 0 unspecified atom stereocenters. The minimum absolute atomic E-state index is 0.0917. The maximum atomic E-state index is 12.9. The van der Waals surface area contributed by atoms with Crippen molar-refractivity contribution in [1.82, 2.24) is 24.8 Å². The number of tetrazole rings is 1. The molecule has 1 fully saturated rings. The Balaban J connectivity index is 1.42. The van der Waals surface area contributed by atoms with E-state index in [-0.39, 0.29) is 11.9 Å². The lowest BCUT2D eigenvalue weighted by molar-refractivity contribution is 0.0912. The van der Waals surface area contributed by atoms with Gasteiger partial charge in [0.25, 0.3) is 0 Å². The molecule has 0 spiro atoms. The number of hydrogen-bond donors (Lipinski definition) is 0. The Labute approximate surface area is 174 Å². The Morgan fingerprint density at radius 2 is 2.10 bits per heavy atom. The highest BCUT2D eigenvalue weighted by Crippen LogP contribution is 2.22. The molecule has 8 heteroatoms. The summed E-state index contributed by atoms with van der Waals surface area (Å²) < 4.78 is 9.59. The molecule has 152 valence electrons. The van der Waals surface area contributed by atoms with Gasteiger partial charge in [0.05, 0.1) is 18.4 Å². The second-order valence-corrected chi connectivity index (χ2v) is 8.29. The molecule has 0 radical (unpaired) electrons. The van der Waals surface area contributed by atoms with Crippen molar-refractivity contribution in [2.24, 2.45) is 0 Å². The maximum absolute atomic E-state index is 12.9. The van der Waals surface area contributed by atoms with Crippen molar-refractivity contribution in [2.75, 3.05) is 12.4 Å². The number of aryl methyl sites for hydroxylation is 1. The standard InChI is InChI=1S/C21H25N5O2S/c1-15-11-19(16(2)25(15)12-17-7-4-3-5-8-17)20(27)14-29-21-22-23-24-26(21)13-18-9-6-10-28-18/h3-5,7-8,11,18H,6,9-10,12-14H2,1-2H3/t18-/m0/s1. The molecule has 2 aromatic heterocycles. The van der Waals surface area contributed by atoms with Crippen molar-refractivity contribution in [3.63, 3.8) is 0 Å². The van der Waals surface area contributed by atoms with Gasteiger partial charge in [0.15, 0.2) is 5.78 Å². The summed E-state index contributed by atoms with van der Waals surface area (Å²) in [6, 6.07) is 12.3. The Morgan fingerprint density at radius 1 is 1.28 bits per heavy atom. The van der Waals surface area contributed by atoms with E-state index < -0.39 is 0 Å². The van der Waals surface area contributed by atoms with Crippen LogP contribution in [0.1, 0.15) is 40.2 Å². The van der Waals surface area contributed by atoms with Crippen molar-refractivity contribution in [2.45, 2.75) is 51.0 Å². The molecule has 1 aliphatic rings. The van der Waals surface area contributed by atoms with Gasteiger partial charge in [-0.25, -0.2) is 4.68 Å². The molecule has 0 bridgehead atoms. The predicted octanol–water partition coefficient (Wildman–Crippen LogP) is 3.29. The van der Waals surface area contributed by atoms with E-state index >= 15 is 0 Å². The number of aromatic nitrogens is 5. The highest BCUT2D eigenvalue weighted by Gasteiger charge is 2.21. The number of ether oxygens (including phenoxy) is 1. The van der Waals surface area contributed by atoms with Crippen LogP contribution in [-0.4, -0.2) is 49.0 Å². The fourth-order valence-electron chi connectivity index (χ4n) is 3.70. The second-order valence-electron chi connectivity index (χ2n) is 7.35. The molecule has 3 heterocycles. The summed E-state index contributed by atoms with van der Waals surface area (Å²) in [5.41, 5.74) is 4.07. The van der Waals surface area contributed by atoms with Crippen LogP contribution < -0.4 is 0 Å². The normalized spacial score (nSPS) is 16.4. The van der Waals surface area contributed by atoms with Crippen LogP contribution in [0.3, 0.4) is 0 Å². The van der Waals surface area contributed by atoms with Crippen molar-refractivity contribution in [3.8, 4) is 0 Å². The van der Waals surface area contributed by atoms with Gasteiger partial charge in [-0.1, -0.05) is 42.1 Å². The Bertz CT molecular complexity index is 976. The van der Waals surface area contributed by atoms with Crippen LogP contribution in [0.25, 0.3) is 0 Å². The Kier molecular flexibility index (Phi) is 6.10. The highest BCUT2D eigenvalue weighted by molar-refractivity contribution is 7.99. The van der Waals surface area contributed by atoms with Gasteiger partial charge < -0.3 is 9.30 Å². The van der Waals surface area contributed by atoms with Crippen LogP contribution in [0.4, 0.5) is 0 Å². The second kappa shape index (κ2) is 8.92. The first-order valence-corrected chi connectivity index (χ1v) is 10.8. The molecule has 0 N–H and O–H groups in total. The van der Waals surface area contributed by atoms with Crippen LogP contribution in [0, 0.1) is 13.8 Å². The molecular weight excluding hydrogens is 386 g/mol. The first kappa shape index (κ1) is 19.8. The van der Waals surface area contributed by atoms with Crippen LogP contribution in [-0.2, 0) is 17.8 Å². The molecule has 1 aromatic carbocycles. The van der Waals surface area contributed by atoms with Gasteiger partial charge in [-0.2, -0.15) is 0 Å². The number of Topliss-reactive ketones (excluding diaryl/α,β-unsaturated/α-hetero) is 1. The third kappa shape index (κ3) is 4.59. The largest absolute Gasteiger partial charge is 0.376 e. The molecule has 0 saturated carbocycles. The molecule has 1 saturated heterocycles. The summed E-state index contributed by atoms with van der Waals surface area (Å²) >= 11 is 1.38. The van der Waals surface area contributed by atoms with Gasteiger partial charge in [0.2, 0.25) is 5.16 Å². The third-order valence-electron chi connectivity index (χ3n) is 5.29. The summed E-state index contributed by atoms with van der Waals surface area (Å²) in [5, 5.41) is 12.6. The average Bonchev–Trinajstić information content (AvgIpc) is 3.46. The van der Waals surface area contributed by atoms with Gasteiger partial charge in [0, 0.05) is 30.1 Å². The fraction of sp³-hybridized carbons (Fsp3) is 0.429. The van der Waals surface area contributed by atoms with E-state index in [0.717, 1.165) is 42.9 Å². The minimum atomic E-state index is 0.0917. The summed E-state index contributed by atoms with van der Waals surface area (Å²) in [4.78, 5) is 12.9. The SMILES string of the molecule is Cc1cc(C(=O)CSc2nnnn2C[C@@H]2CCCO2)c(C)n1Cc1ccccc1. The molecule has 0 aliphatic carbocycles. The van der Waals surface area contributed by atoms with E-state index in [1.807, 2.05) is 38.1 Å². The first-order valence-electron chi connectivity index (χ1n) is 9.86. The maximum Gasteiger partial charge on any atom is 0.209 e. The van der Waals surface area contributed by atoms with Crippen LogP contribution >= 0.6 is 11.8 Å². The van der Waals surface area contributed by atoms with Gasteiger partial charge in [-0.15, -0.1) is 5.10 Å². The van der Waals surface area contributed by atoms with E-state index in [9.17, 15) is 4.79 Å². The van der Waals surface area contributed by atoms with Crippen molar-refractivity contribution >= 4 is 17.5 Å². The lowest BCUT2D eigenvalue weighted by Gasteiger charge is -2.10. The molecular formula is C21H25N5O2S. The Morgan fingerprint density at radius 3 is 2.86 bits per heavy atom. The number of carbonyl (C=O) groups is 1. The van der Waals surface area contributed by atoms with Crippen LogP contribution in [0.15, 0.2) is 41.6 Å². The number of nitrogens with zero attached hydrogens (tertiary/aromatic N) is 5. The monoisotopic (exact) mass is 411 g/mol. The summed E-state index contributed by atoms with van der Waals surface area (Å²) in [5.74, 6) is 0.399. The zero-order chi connectivity index (χ0) is 20.2. The molecule has 3 aromatic rings. The van der Waals surface area contributed by atoms with E-state index in [0.29, 0.717) is 17.5 Å². The molecule has 4 rings (SSSR count). The van der Waals surface area contributed by atoms with E-state index in [1.165, 1.54) is 17.3 Å². The van der Waals surface area contributed by atoms with Crippen molar-refractivity contribution < 1.29 is 9.53 Å². The van der Waals surface area contributed by atoms with E-state index in [4.69, 9.17) is 4.74 Å². The molecule has 0 amide bonds. The average molecular weight is 412 g/mol. The number of benzene rings is 1. The minimum Gasteiger partial charge on any atom is -0.376 e. The lowest BCUT2D eigenvalue weighted by atomic mass is 10.2. The quantitative estimate of drug-likeness (QED) is 0.418. The molecule has 1 aliphatic heterocycles. The van der Waals surface area contributed by atoms with Gasteiger partial charge in [0.1, 0.15) is 0 Å². The van der Waals surface area contributed by atoms with Gasteiger partial charge in [-0.05, 0) is 48.7 Å². The zero-order valence-electron chi connectivity index (χ0n) is 16.7. The van der Waals surface area contributed by atoms with E-state index in [1.54, 1.807) is 4.68 Å². The Hall–Kier alpha value is -2.45. The molecule has 1 atom stereocenters. The first-order chi connectivity index (χ1) is 14.1. The fourth-order valence-corrected chi connectivity index (χ4v) is 4.47. The van der Waals surface area contributed by atoms with E-state index in [2.05, 4.69) is 32.2 Å². The van der Waals surface area contributed by atoms with Crippen molar-refractivity contribution in [1.29, 1.82) is 0 Å². The van der Waals surface area contributed by atoms with Gasteiger partial charge in [-0.3, -0.25) is 4.79 Å². The number of ketones is 1. The number of carbonyl (C=O) groups excluding carboxylic acids is 1.